The lowest BCUT2D eigenvalue weighted by atomic mass is 9.96. The number of aliphatic hydroxyl groups is 1. The smallest absolute Gasteiger partial charge is 0.333 e. The van der Waals surface area contributed by atoms with Crippen LogP contribution in [0.1, 0.15) is 18.8 Å². The number of aliphatic hydroxyl groups excluding tert-OH is 1. The van der Waals surface area contributed by atoms with Crippen molar-refractivity contribution in [1.29, 1.82) is 0 Å². The molecule has 170 valence electrons. The molecule has 2 heterocycles. The van der Waals surface area contributed by atoms with Gasteiger partial charge in [0.2, 0.25) is 0 Å². The van der Waals surface area contributed by atoms with Crippen LogP contribution >= 0.6 is 0 Å². The molecule has 10 heteroatoms. The van der Waals surface area contributed by atoms with E-state index in [1.807, 2.05) is 30.3 Å². The fourth-order valence-corrected chi connectivity index (χ4v) is 3.36. The van der Waals surface area contributed by atoms with Crippen LogP contribution < -0.4 is 10.6 Å². The predicted molar refractivity (Wildman–Crippen MR) is 108 cm³/mol. The number of carbonyl (C=O) groups excluding carboxylic acids is 2. The average Bonchev–Trinajstić information content (AvgIpc) is 2.78. The third kappa shape index (κ3) is 5.81. The van der Waals surface area contributed by atoms with Crippen LogP contribution in [0.3, 0.4) is 0 Å². The summed E-state index contributed by atoms with van der Waals surface area (Å²) in [6, 6.07) is 7.88. The minimum Gasteiger partial charge on any atom is -0.460 e. The van der Waals surface area contributed by atoms with Gasteiger partial charge in [0.1, 0.15) is 31.0 Å². The summed E-state index contributed by atoms with van der Waals surface area (Å²) < 4.78 is 27.7. The molecule has 2 saturated heterocycles. The van der Waals surface area contributed by atoms with Crippen molar-refractivity contribution < 1.29 is 38.4 Å². The second-order valence-corrected chi connectivity index (χ2v) is 7.29. The molecule has 3 rings (SSSR count). The normalized spacial score (nSPS) is 30.0. The van der Waals surface area contributed by atoms with Gasteiger partial charge in [0, 0.05) is 18.2 Å². The number of methoxy groups -OCH3 is 1. The largest absolute Gasteiger partial charge is 0.460 e. The standard InChI is InChI=1S/C21H28N2O8/c1-12(2)18(25)28-10-9-22-21(26)23-15-16(24)17-14(30-20(15)27-3)11-29-19(31-17)13-7-5-4-6-8-13/h4-8,14-17,19-20,24H,1,9-11H2,2-3H3,(H2,22,23,26). The van der Waals surface area contributed by atoms with E-state index in [1.165, 1.54) is 14.0 Å². The van der Waals surface area contributed by atoms with E-state index in [0.29, 0.717) is 0 Å². The molecule has 0 saturated carbocycles. The second kappa shape index (κ2) is 10.7. The van der Waals surface area contributed by atoms with E-state index >= 15 is 0 Å². The van der Waals surface area contributed by atoms with Gasteiger partial charge in [-0.2, -0.15) is 0 Å². The Kier molecular flexibility index (Phi) is 7.99. The molecule has 0 radical (unpaired) electrons. The molecule has 6 unspecified atom stereocenters. The molecule has 2 aliphatic heterocycles. The van der Waals surface area contributed by atoms with Gasteiger partial charge in [-0.25, -0.2) is 9.59 Å². The van der Waals surface area contributed by atoms with Gasteiger partial charge in [-0.3, -0.25) is 0 Å². The lowest BCUT2D eigenvalue weighted by Gasteiger charge is -2.47. The summed E-state index contributed by atoms with van der Waals surface area (Å²) in [4.78, 5) is 23.6. The van der Waals surface area contributed by atoms with Crippen LogP contribution in [0.2, 0.25) is 0 Å². The Bertz CT molecular complexity index is 774. The maximum Gasteiger partial charge on any atom is 0.333 e. The number of hydrogen-bond donors (Lipinski definition) is 3. The molecule has 0 bridgehead atoms. The summed E-state index contributed by atoms with van der Waals surface area (Å²) in [5.41, 5.74) is 1.09. The molecule has 0 aromatic heterocycles. The first-order valence-electron chi connectivity index (χ1n) is 9.96. The lowest BCUT2D eigenvalue weighted by Crippen LogP contribution is -2.67. The zero-order valence-electron chi connectivity index (χ0n) is 17.5. The zero-order valence-corrected chi connectivity index (χ0v) is 17.5. The number of fused-ring (bicyclic) bond motifs is 1. The number of urea groups is 1. The van der Waals surface area contributed by atoms with Gasteiger partial charge in [0.05, 0.1) is 13.2 Å². The molecule has 3 N–H and O–H groups in total. The van der Waals surface area contributed by atoms with Crippen LogP contribution in [0.5, 0.6) is 0 Å². The minimum atomic E-state index is -1.11. The van der Waals surface area contributed by atoms with Gasteiger partial charge >= 0.3 is 12.0 Å². The van der Waals surface area contributed by atoms with Gasteiger partial charge in [-0.1, -0.05) is 36.9 Å². The monoisotopic (exact) mass is 436 g/mol. The van der Waals surface area contributed by atoms with Gasteiger partial charge in [0.15, 0.2) is 12.6 Å². The van der Waals surface area contributed by atoms with Gasteiger partial charge < -0.3 is 39.4 Å². The van der Waals surface area contributed by atoms with Crippen molar-refractivity contribution in [2.45, 2.75) is 43.9 Å². The molecule has 2 aliphatic rings. The van der Waals surface area contributed by atoms with Crippen molar-refractivity contribution >= 4 is 12.0 Å². The number of carbonyl (C=O) groups is 2. The average molecular weight is 436 g/mol. The molecule has 31 heavy (non-hydrogen) atoms. The first-order valence-corrected chi connectivity index (χ1v) is 9.96. The van der Waals surface area contributed by atoms with Crippen molar-refractivity contribution in [3.63, 3.8) is 0 Å². The highest BCUT2D eigenvalue weighted by Crippen LogP contribution is 2.34. The van der Waals surface area contributed by atoms with E-state index in [-0.39, 0.29) is 25.3 Å². The summed E-state index contributed by atoms with van der Waals surface area (Å²) in [5.74, 6) is -0.534. The zero-order chi connectivity index (χ0) is 22.4. The van der Waals surface area contributed by atoms with Crippen LogP contribution in [0.25, 0.3) is 0 Å². The van der Waals surface area contributed by atoms with Gasteiger partial charge in [0.25, 0.3) is 0 Å². The van der Waals surface area contributed by atoms with Crippen LogP contribution in [-0.4, -0.2) is 74.6 Å². The Hall–Kier alpha value is -2.50. The number of ether oxygens (including phenoxy) is 5. The molecule has 0 spiro atoms. The van der Waals surface area contributed by atoms with Crippen molar-refractivity contribution in [3.05, 3.63) is 48.0 Å². The van der Waals surface area contributed by atoms with Gasteiger partial charge in [-0.15, -0.1) is 0 Å². The molecule has 2 amide bonds. The van der Waals surface area contributed by atoms with Crippen molar-refractivity contribution in [1.82, 2.24) is 10.6 Å². The van der Waals surface area contributed by atoms with E-state index in [9.17, 15) is 14.7 Å². The first-order chi connectivity index (χ1) is 14.9. The minimum absolute atomic E-state index is 0.0134. The van der Waals surface area contributed by atoms with Crippen LogP contribution in [0.4, 0.5) is 4.79 Å². The number of rotatable bonds is 7. The maximum absolute atomic E-state index is 12.3. The SMILES string of the molecule is C=C(C)C(=O)OCCNC(=O)NC1C(OC)OC2COC(c3ccccc3)OC2C1O. The third-order valence-corrected chi connectivity index (χ3v) is 4.94. The summed E-state index contributed by atoms with van der Waals surface area (Å²) in [6.07, 6.45) is -3.94. The van der Waals surface area contributed by atoms with E-state index in [4.69, 9.17) is 23.7 Å². The predicted octanol–water partition coefficient (Wildman–Crippen LogP) is 0.620. The number of benzene rings is 1. The number of hydrogen-bond acceptors (Lipinski definition) is 8. The molecule has 10 nitrogen and oxygen atoms in total. The Balaban J connectivity index is 1.56. The highest BCUT2D eigenvalue weighted by atomic mass is 16.7. The van der Waals surface area contributed by atoms with Crippen molar-refractivity contribution in [2.24, 2.45) is 0 Å². The van der Waals surface area contributed by atoms with Crippen LogP contribution in [0.15, 0.2) is 42.5 Å². The first kappa shape index (κ1) is 23.2. The lowest BCUT2D eigenvalue weighted by molar-refractivity contribution is -0.340. The van der Waals surface area contributed by atoms with Gasteiger partial charge in [-0.05, 0) is 6.92 Å². The highest BCUT2D eigenvalue weighted by Gasteiger charge is 2.50. The fourth-order valence-electron chi connectivity index (χ4n) is 3.36. The molecule has 2 fully saturated rings. The number of esters is 1. The van der Waals surface area contributed by atoms with Crippen LogP contribution in [0, 0.1) is 0 Å². The summed E-state index contributed by atoms with van der Waals surface area (Å²) in [5, 5.41) is 16.1. The summed E-state index contributed by atoms with van der Waals surface area (Å²) >= 11 is 0. The molecule has 6 atom stereocenters. The molecule has 1 aromatic carbocycles. The van der Waals surface area contributed by atoms with E-state index in [1.54, 1.807) is 0 Å². The summed E-state index contributed by atoms with van der Waals surface area (Å²) in [6.45, 7) is 5.28. The second-order valence-electron chi connectivity index (χ2n) is 7.29. The van der Waals surface area contributed by atoms with Crippen molar-refractivity contribution in [3.8, 4) is 0 Å². The Labute approximate surface area is 180 Å². The third-order valence-electron chi connectivity index (χ3n) is 4.94. The highest BCUT2D eigenvalue weighted by molar-refractivity contribution is 5.86. The molecular weight excluding hydrogens is 408 g/mol. The fraction of sp³-hybridized carbons (Fsp3) is 0.524. The Morgan fingerprint density at radius 3 is 2.68 bits per heavy atom. The molecular formula is C21H28N2O8. The number of nitrogens with one attached hydrogen (secondary N) is 2. The number of amides is 2. The van der Waals surface area contributed by atoms with E-state index in [2.05, 4.69) is 17.2 Å². The molecule has 0 aliphatic carbocycles. The van der Waals surface area contributed by atoms with Crippen molar-refractivity contribution in [2.75, 3.05) is 26.9 Å². The topological polar surface area (TPSA) is 125 Å². The summed E-state index contributed by atoms with van der Waals surface area (Å²) in [7, 11) is 1.42. The molecule has 1 aromatic rings. The van der Waals surface area contributed by atoms with E-state index in [0.717, 1.165) is 5.56 Å². The van der Waals surface area contributed by atoms with E-state index < -0.39 is 48.9 Å². The quantitative estimate of drug-likeness (QED) is 0.323. The maximum atomic E-state index is 12.3. The Morgan fingerprint density at radius 1 is 1.26 bits per heavy atom. The Morgan fingerprint density at radius 2 is 2.00 bits per heavy atom. The van der Waals surface area contributed by atoms with Crippen LogP contribution in [-0.2, 0) is 28.5 Å².